The molecule has 1 unspecified atom stereocenters. The van der Waals surface area contributed by atoms with Gasteiger partial charge in [0, 0.05) is 6.20 Å². The van der Waals surface area contributed by atoms with Gasteiger partial charge in [0.15, 0.2) is 0 Å². The number of anilines is 1. The Bertz CT molecular complexity index is 464. The Morgan fingerprint density at radius 2 is 2.39 bits per heavy atom. The van der Waals surface area contributed by atoms with Gasteiger partial charge < -0.3 is 15.6 Å². The molecule has 18 heavy (non-hydrogen) atoms. The standard InChI is InChI=1S/C9H14N3O5P/c1-16-18(15)6-17-7(5-13)4-12-3-2-8(10)11-9(12)14/h2-3,7,13H,4-6H2,1H3,(H-,10,11,14)/p+1/t7-/m0/s1. The quantitative estimate of drug-likeness (QED) is 0.647. The van der Waals surface area contributed by atoms with E-state index in [1.54, 1.807) is 0 Å². The molecule has 0 aromatic carbocycles. The van der Waals surface area contributed by atoms with Crippen LogP contribution >= 0.6 is 8.03 Å². The van der Waals surface area contributed by atoms with Crippen LogP contribution in [-0.4, -0.2) is 40.8 Å². The maximum Gasteiger partial charge on any atom is 0.536 e. The first-order chi connectivity index (χ1) is 8.56. The van der Waals surface area contributed by atoms with Gasteiger partial charge in [0.25, 0.3) is 6.35 Å². The third-order valence-corrected chi connectivity index (χ3v) is 2.89. The lowest BCUT2D eigenvalue weighted by molar-refractivity contribution is 0.0231. The van der Waals surface area contributed by atoms with E-state index < -0.39 is 19.8 Å². The Balaban J connectivity index is 2.62. The van der Waals surface area contributed by atoms with E-state index in [0.29, 0.717) is 0 Å². The van der Waals surface area contributed by atoms with Crippen molar-refractivity contribution in [1.82, 2.24) is 9.55 Å². The van der Waals surface area contributed by atoms with Crippen molar-refractivity contribution in [3.8, 4) is 0 Å². The Morgan fingerprint density at radius 1 is 1.67 bits per heavy atom. The minimum Gasteiger partial charge on any atom is -0.394 e. The van der Waals surface area contributed by atoms with E-state index in [2.05, 4.69) is 9.51 Å². The molecule has 1 rings (SSSR count). The Kier molecular flexibility index (Phi) is 5.87. The van der Waals surface area contributed by atoms with E-state index in [4.69, 9.17) is 15.6 Å². The molecule has 8 nitrogen and oxygen atoms in total. The Morgan fingerprint density at radius 3 is 2.94 bits per heavy atom. The van der Waals surface area contributed by atoms with Gasteiger partial charge in [0.2, 0.25) is 0 Å². The zero-order chi connectivity index (χ0) is 13.5. The highest BCUT2D eigenvalue weighted by Crippen LogP contribution is 2.20. The summed E-state index contributed by atoms with van der Waals surface area (Å²) in [7, 11) is -0.614. The first-order valence-corrected chi connectivity index (χ1v) is 6.47. The second kappa shape index (κ2) is 7.17. The van der Waals surface area contributed by atoms with Crippen LogP contribution in [0.5, 0.6) is 0 Å². The molecule has 0 amide bonds. The minimum absolute atomic E-state index is 0.0928. The molecule has 0 saturated heterocycles. The van der Waals surface area contributed by atoms with E-state index in [1.165, 1.54) is 23.9 Å². The van der Waals surface area contributed by atoms with Crippen molar-refractivity contribution in [3.63, 3.8) is 0 Å². The number of rotatable bonds is 7. The average Bonchev–Trinajstić information content (AvgIpc) is 2.36. The van der Waals surface area contributed by atoms with Gasteiger partial charge in [0.1, 0.15) is 11.9 Å². The fourth-order valence-electron chi connectivity index (χ4n) is 1.18. The van der Waals surface area contributed by atoms with Crippen LogP contribution in [0.2, 0.25) is 0 Å². The third-order valence-electron chi connectivity index (χ3n) is 2.12. The third kappa shape index (κ3) is 4.50. The van der Waals surface area contributed by atoms with E-state index in [-0.39, 0.29) is 25.3 Å². The van der Waals surface area contributed by atoms with Gasteiger partial charge in [-0.05, 0) is 10.6 Å². The zero-order valence-corrected chi connectivity index (χ0v) is 10.7. The van der Waals surface area contributed by atoms with Crippen molar-refractivity contribution in [2.75, 3.05) is 25.8 Å². The molecule has 1 aromatic heterocycles. The largest absolute Gasteiger partial charge is 0.536 e. The number of nitrogen functional groups attached to an aromatic ring is 1. The maximum atomic E-state index is 11.4. The van der Waals surface area contributed by atoms with Crippen LogP contribution in [-0.2, 0) is 20.4 Å². The summed E-state index contributed by atoms with van der Waals surface area (Å²) in [4.78, 5) is 15.0. The molecule has 0 saturated carbocycles. The number of aliphatic hydroxyl groups excluding tert-OH is 1. The van der Waals surface area contributed by atoms with Crippen molar-refractivity contribution in [2.45, 2.75) is 12.6 Å². The van der Waals surface area contributed by atoms with Gasteiger partial charge in [0.05, 0.1) is 20.3 Å². The summed E-state index contributed by atoms with van der Waals surface area (Å²) in [5.41, 5.74) is 4.81. The fraction of sp³-hybridized carbons (Fsp3) is 0.556. The lowest BCUT2D eigenvalue weighted by Crippen LogP contribution is -2.31. The normalized spacial score (nSPS) is 13.3. The second-order valence-electron chi connectivity index (χ2n) is 3.40. The molecule has 0 aliphatic rings. The zero-order valence-electron chi connectivity index (χ0n) is 9.85. The highest BCUT2D eigenvalue weighted by atomic mass is 31.1. The fourth-order valence-corrected chi connectivity index (χ4v) is 1.62. The number of aromatic nitrogens is 2. The Hall–Kier alpha value is -1.34. The molecule has 3 N–H and O–H groups in total. The number of nitrogens with two attached hydrogens (primary N) is 1. The van der Waals surface area contributed by atoms with Gasteiger partial charge in [-0.15, -0.1) is 4.52 Å². The SMILES string of the molecule is CO[P+](=O)CO[C@H](CO)Cn1ccc(N)nc1=O. The lowest BCUT2D eigenvalue weighted by atomic mass is 10.3. The molecule has 2 atom stereocenters. The van der Waals surface area contributed by atoms with Crippen LogP contribution < -0.4 is 11.4 Å². The van der Waals surface area contributed by atoms with Gasteiger partial charge in [-0.3, -0.25) is 4.57 Å². The van der Waals surface area contributed by atoms with Crippen molar-refractivity contribution in [1.29, 1.82) is 0 Å². The molecule has 0 aliphatic carbocycles. The van der Waals surface area contributed by atoms with E-state index in [0.717, 1.165) is 0 Å². The monoisotopic (exact) mass is 276 g/mol. The van der Waals surface area contributed by atoms with Crippen molar-refractivity contribution >= 4 is 13.8 Å². The van der Waals surface area contributed by atoms with Gasteiger partial charge >= 0.3 is 13.7 Å². The Labute approximate surface area is 104 Å². The highest BCUT2D eigenvalue weighted by Gasteiger charge is 2.19. The average molecular weight is 276 g/mol. The molecule has 9 heteroatoms. The molecule has 0 spiro atoms. The summed E-state index contributed by atoms with van der Waals surface area (Å²) in [5, 5.41) is 9.10. The van der Waals surface area contributed by atoms with Crippen LogP contribution in [0, 0.1) is 0 Å². The second-order valence-corrected chi connectivity index (χ2v) is 4.69. The summed E-state index contributed by atoms with van der Waals surface area (Å²) in [6, 6.07) is 1.46. The smallest absolute Gasteiger partial charge is 0.394 e. The maximum absolute atomic E-state index is 11.4. The highest BCUT2D eigenvalue weighted by molar-refractivity contribution is 7.38. The van der Waals surface area contributed by atoms with Crippen LogP contribution in [0.25, 0.3) is 0 Å². The summed E-state index contributed by atoms with van der Waals surface area (Å²) in [5.74, 6) is 0.125. The summed E-state index contributed by atoms with van der Waals surface area (Å²) in [6.07, 6.45) is 0.642. The number of nitrogens with zero attached hydrogens (tertiary/aromatic N) is 2. The van der Waals surface area contributed by atoms with Crippen molar-refractivity contribution < 1.29 is 18.9 Å². The molecule has 0 fully saturated rings. The number of ether oxygens (including phenoxy) is 1. The van der Waals surface area contributed by atoms with Crippen molar-refractivity contribution in [2.24, 2.45) is 0 Å². The van der Waals surface area contributed by atoms with Gasteiger partial charge in [-0.25, -0.2) is 4.79 Å². The van der Waals surface area contributed by atoms with Gasteiger partial charge in [-0.2, -0.15) is 4.98 Å². The minimum atomic E-state index is -1.91. The molecule has 0 bridgehead atoms. The van der Waals surface area contributed by atoms with Gasteiger partial charge in [-0.1, -0.05) is 0 Å². The first-order valence-electron chi connectivity index (χ1n) is 5.11. The first kappa shape index (κ1) is 14.7. The molecular weight excluding hydrogens is 261 g/mol. The van der Waals surface area contributed by atoms with Crippen LogP contribution in [0.4, 0.5) is 5.82 Å². The molecular formula is C9H15N3O5P+. The number of hydrogen-bond donors (Lipinski definition) is 2. The van der Waals surface area contributed by atoms with Crippen LogP contribution in [0.1, 0.15) is 0 Å². The number of hydrogen-bond acceptors (Lipinski definition) is 7. The van der Waals surface area contributed by atoms with Crippen LogP contribution in [0.15, 0.2) is 17.1 Å². The van der Waals surface area contributed by atoms with E-state index in [9.17, 15) is 9.36 Å². The predicted octanol–water partition coefficient (Wildman–Crippen LogP) is -0.451. The number of aliphatic hydroxyl groups is 1. The topological polar surface area (TPSA) is 117 Å². The lowest BCUT2D eigenvalue weighted by Gasteiger charge is -2.13. The molecule has 100 valence electrons. The molecule has 1 heterocycles. The van der Waals surface area contributed by atoms with E-state index in [1.807, 2.05) is 0 Å². The van der Waals surface area contributed by atoms with E-state index >= 15 is 0 Å². The molecule has 0 aliphatic heterocycles. The van der Waals surface area contributed by atoms with Crippen molar-refractivity contribution in [3.05, 3.63) is 22.7 Å². The summed E-state index contributed by atoms with van der Waals surface area (Å²) in [6.45, 7) is -0.223. The predicted molar refractivity (Wildman–Crippen MR) is 64.4 cm³/mol. The molecule has 1 aromatic rings. The summed E-state index contributed by atoms with van der Waals surface area (Å²) >= 11 is 0. The van der Waals surface area contributed by atoms with Crippen LogP contribution in [0.3, 0.4) is 0 Å². The molecule has 0 radical (unpaired) electrons. The summed E-state index contributed by atoms with van der Waals surface area (Å²) < 4.78 is 22.0.